The number of carbonyl (C=O) groups is 1. The Morgan fingerprint density at radius 1 is 0.594 bits per heavy atom. The zero-order valence-corrected chi connectivity index (χ0v) is 19.1. The molecule has 5 nitrogen and oxygen atoms in total. The van der Waals surface area contributed by atoms with E-state index in [1.54, 1.807) is 14.2 Å². The summed E-state index contributed by atoms with van der Waals surface area (Å²) in [6, 6.07) is 16.6. The molecule has 172 valence electrons. The quantitative estimate of drug-likeness (QED) is 0.475. The molecule has 0 unspecified atom stereocenters. The third-order valence-corrected chi connectivity index (χ3v) is 7.05. The van der Waals surface area contributed by atoms with Crippen LogP contribution >= 0.6 is 0 Å². The molecule has 0 atom stereocenters. The van der Waals surface area contributed by atoms with Gasteiger partial charge in [-0.3, -0.25) is 0 Å². The number of hydrogen-bond donors (Lipinski definition) is 0. The number of rotatable bonds is 6. The standard InChI is InChI=1S/C27H34O5/c1-29-23-11-3-19(4-12-23)21-7-15-25(16-8-21)31-27(28)32-26-17-9-22(10-18-26)20-5-13-24(30-2)14-6-20/h3-6,11-14,21-22,25-26H,7-10,15-18H2,1-2H3. The zero-order valence-electron chi connectivity index (χ0n) is 19.1. The summed E-state index contributed by atoms with van der Waals surface area (Å²) in [6.07, 6.45) is 7.08. The van der Waals surface area contributed by atoms with Crippen LogP contribution in [0.4, 0.5) is 4.79 Å². The first kappa shape index (κ1) is 22.5. The van der Waals surface area contributed by atoms with Crippen molar-refractivity contribution in [2.24, 2.45) is 0 Å². The summed E-state index contributed by atoms with van der Waals surface area (Å²) < 4.78 is 21.8. The Morgan fingerprint density at radius 3 is 1.25 bits per heavy atom. The van der Waals surface area contributed by atoms with E-state index in [1.807, 2.05) is 24.3 Å². The molecule has 2 fully saturated rings. The van der Waals surface area contributed by atoms with Crippen LogP contribution in [0.1, 0.15) is 74.3 Å². The fourth-order valence-corrected chi connectivity index (χ4v) is 5.08. The molecule has 2 aromatic carbocycles. The van der Waals surface area contributed by atoms with Crippen molar-refractivity contribution in [3.8, 4) is 11.5 Å². The van der Waals surface area contributed by atoms with Crippen molar-refractivity contribution >= 4 is 6.16 Å². The summed E-state index contributed by atoms with van der Waals surface area (Å²) in [5.41, 5.74) is 2.67. The lowest BCUT2D eigenvalue weighted by Crippen LogP contribution is -2.28. The van der Waals surface area contributed by atoms with E-state index in [0.29, 0.717) is 11.8 Å². The number of carbonyl (C=O) groups excluding carboxylic acids is 1. The molecule has 0 aromatic heterocycles. The molecule has 0 heterocycles. The lowest BCUT2D eigenvalue weighted by atomic mass is 9.82. The molecular formula is C27H34O5. The summed E-state index contributed by atoms with van der Waals surface area (Å²) >= 11 is 0. The van der Waals surface area contributed by atoms with Crippen LogP contribution in [-0.2, 0) is 9.47 Å². The van der Waals surface area contributed by atoms with Crippen LogP contribution < -0.4 is 9.47 Å². The van der Waals surface area contributed by atoms with Gasteiger partial charge < -0.3 is 18.9 Å². The number of methoxy groups -OCH3 is 2. The monoisotopic (exact) mass is 438 g/mol. The highest BCUT2D eigenvalue weighted by molar-refractivity contribution is 5.60. The average molecular weight is 439 g/mol. The van der Waals surface area contributed by atoms with Crippen molar-refractivity contribution in [3.63, 3.8) is 0 Å². The maximum Gasteiger partial charge on any atom is 0.508 e. The predicted octanol–water partition coefficient (Wildman–Crippen LogP) is 6.61. The van der Waals surface area contributed by atoms with Gasteiger partial charge in [-0.15, -0.1) is 0 Å². The maximum atomic E-state index is 12.4. The zero-order chi connectivity index (χ0) is 22.3. The Labute approximate surface area is 191 Å². The van der Waals surface area contributed by atoms with Crippen molar-refractivity contribution in [2.45, 2.75) is 75.4 Å². The van der Waals surface area contributed by atoms with E-state index in [-0.39, 0.29) is 12.2 Å². The highest BCUT2D eigenvalue weighted by Gasteiger charge is 2.29. The second-order valence-electron chi connectivity index (χ2n) is 8.98. The predicted molar refractivity (Wildman–Crippen MR) is 124 cm³/mol. The lowest BCUT2D eigenvalue weighted by molar-refractivity contribution is -0.0214. The molecule has 0 spiro atoms. The van der Waals surface area contributed by atoms with Gasteiger partial charge in [-0.05, 0) is 98.6 Å². The first-order valence-electron chi connectivity index (χ1n) is 11.8. The minimum atomic E-state index is -0.495. The minimum Gasteiger partial charge on any atom is -0.497 e. The van der Waals surface area contributed by atoms with Gasteiger partial charge in [0.2, 0.25) is 0 Å². The molecule has 0 saturated heterocycles. The summed E-state index contributed by atoms with van der Waals surface area (Å²) in [7, 11) is 3.37. The molecule has 4 rings (SSSR count). The van der Waals surface area contributed by atoms with Crippen molar-refractivity contribution in [2.75, 3.05) is 14.2 Å². The molecule has 32 heavy (non-hydrogen) atoms. The smallest absolute Gasteiger partial charge is 0.497 e. The maximum absolute atomic E-state index is 12.4. The molecule has 2 saturated carbocycles. The molecule has 2 aromatic rings. The van der Waals surface area contributed by atoms with Gasteiger partial charge in [0.25, 0.3) is 0 Å². The van der Waals surface area contributed by atoms with E-state index in [9.17, 15) is 4.79 Å². The number of benzene rings is 2. The van der Waals surface area contributed by atoms with Crippen LogP contribution in [0, 0.1) is 0 Å². The molecule has 0 aliphatic heterocycles. The molecular weight excluding hydrogens is 404 g/mol. The number of hydrogen-bond acceptors (Lipinski definition) is 5. The van der Waals surface area contributed by atoms with E-state index >= 15 is 0 Å². The van der Waals surface area contributed by atoms with Crippen LogP contribution in [-0.4, -0.2) is 32.6 Å². The summed E-state index contributed by atoms with van der Waals surface area (Å²) in [5, 5.41) is 0. The van der Waals surface area contributed by atoms with E-state index < -0.39 is 6.16 Å². The van der Waals surface area contributed by atoms with Gasteiger partial charge in [0.1, 0.15) is 23.7 Å². The van der Waals surface area contributed by atoms with Gasteiger partial charge in [-0.2, -0.15) is 0 Å². The molecule has 0 N–H and O–H groups in total. The second-order valence-corrected chi connectivity index (χ2v) is 8.98. The third-order valence-electron chi connectivity index (χ3n) is 7.05. The minimum absolute atomic E-state index is 0.0346. The fraction of sp³-hybridized carbons (Fsp3) is 0.519. The van der Waals surface area contributed by atoms with Crippen LogP contribution in [0.5, 0.6) is 11.5 Å². The van der Waals surface area contributed by atoms with Crippen LogP contribution in [0.2, 0.25) is 0 Å². The van der Waals surface area contributed by atoms with Crippen molar-refractivity contribution < 1.29 is 23.7 Å². The first-order valence-corrected chi connectivity index (χ1v) is 11.8. The first-order chi connectivity index (χ1) is 15.6. The van der Waals surface area contributed by atoms with Crippen LogP contribution in [0.3, 0.4) is 0 Å². The Kier molecular flexibility index (Phi) is 7.56. The van der Waals surface area contributed by atoms with E-state index in [4.69, 9.17) is 18.9 Å². The van der Waals surface area contributed by atoms with Gasteiger partial charge >= 0.3 is 6.16 Å². The van der Waals surface area contributed by atoms with Gasteiger partial charge in [0.15, 0.2) is 0 Å². The Bertz CT molecular complexity index is 773. The Balaban J connectivity index is 1.17. The lowest BCUT2D eigenvalue weighted by Gasteiger charge is -2.31. The third kappa shape index (κ3) is 5.76. The summed E-state index contributed by atoms with van der Waals surface area (Å²) in [5.74, 6) is 2.80. The molecule has 2 aliphatic carbocycles. The average Bonchev–Trinajstić information content (AvgIpc) is 2.85. The largest absolute Gasteiger partial charge is 0.508 e. The summed E-state index contributed by atoms with van der Waals surface area (Å²) in [4.78, 5) is 12.4. The van der Waals surface area contributed by atoms with Gasteiger partial charge in [-0.1, -0.05) is 24.3 Å². The second kappa shape index (κ2) is 10.8. The molecule has 0 radical (unpaired) electrons. The number of ether oxygens (including phenoxy) is 4. The van der Waals surface area contributed by atoms with Gasteiger partial charge in [0, 0.05) is 0 Å². The van der Waals surface area contributed by atoms with Crippen LogP contribution in [0.25, 0.3) is 0 Å². The highest BCUT2D eigenvalue weighted by Crippen LogP contribution is 2.36. The van der Waals surface area contributed by atoms with E-state index in [0.717, 1.165) is 62.9 Å². The van der Waals surface area contributed by atoms with Crippen molar-refractivity contribution in [1.82, 2.24) is 0 Å². The Morgan fingerprint density at radius 2 is 0.938 bits per heavy atom. The Hall–Kier alpha value is -2.69. The van der Waals surface area contributed by atoms with Gasteiger partial charge in [-0.25, -0.2) is 4.79 Å². The van der Waals surface area contributed by atoms with E-state index in [1.165, 1.54) is 11.1 Å². The molecule has 2 aliphatic rings. The molecule has 0 bridgehead atoms. The topological polar surface area (TPSA) is 54.0 Å². The van der Waals surface area contributed by atoms with Crippen LogP contribution in [0.15, 0.2) is 48.5 Å². The van der Waals surface area contributed by atoms with Crippen molar-refractivity contribution in [1.29, 1.82) is 0 Å². The van der Waals surface area contributed by atoms with E-state index in [2.05, 4.69) is 24.3 Å². The van der Waals surface area contributed by atoms with Crippen molar-refractivity contribution in [3.05, 3.63) is 59.7 Å². The molecule has 5 heteroatoms. The normalized spacial score (nSPS) is 25.6. The SMILES string of the molecule is COc1ccc(C2CCC(OC(=O)OC3CCC(c4ccc(OC)cc4)CC3)CC2)cc1. The highest BCUT2D eigenvalue weighted by atomic mass is 16.7. The molecule has 0 amide bonds. The summed E-state index contributed by atoms with van der Waals surface area (Å²) in [6.45, 7) is 0. The van der Waals surface area contributed by atoms with Gasteiger partial charge in [0.05, 0.1) is 14.2 Å². The fourth-order valence-electron chi connectivity index (χ4n) is 5.08.